The number of fused-ring (bicyclic) bond motifs is 1. The molecule has 0 unspecified atom stereocenters. The summed E-state index contributed by atoms with van der Waals surface area (Å²) in [5.41, 5.74) is 8.14. The summed E-state index contributed by atoms with van der Waals surface area (Å²) < 4.78 is 10.4. The number of amides is 1. The number of rotatable bonds is 8. The fourth-order valence-electron chi connectivity index (χ4n) is 3.95. The van der Waals surface area contributed by atoms with Gasteiger partial charge in [-0.25, -0.2) is 10.4 Å². The molecule has 0 radical (unpaired) electrons. The highest BCUT2D eigenvalue weighted by molar-refractivity contribution is 6.07. The number of nitrogens with one attached hydrogen (secondary N) is 1. The second-order valence-electron chi connectivity index (χ2n) is 8.90. The number of hydrogen-bond donors (Lipinski definition) is 1. The van der Waals surface area contributed by atoms with Crippen molar-refractivity contribution in [2.45, 2.75) is 33.3 Å². The van der Waals surface area contributed by atoms with Gasteiger partial charge in [0.25, 0.3) is 5.91 Å². The number of hydrogen-bond acceptors (Lipinski definition) is 6. The lowest BCUT2D eigenvalue weighted by Crippen LogP contribution is -2.18. The minimum atomic E-state index is -0.381. The smallest absolute Gasteiger partial charge is 0.302 e. The number of esters is 1. The van der Waals surface area contributed by atoms with Crippen LogP contribution in [0.3, 0.4) is 0 Å². The van der Waals surface area contributed by atoms with Gasteiger partial charge in [-0.1, -0.05) is 56.3 Å². The lowest BCUT2D eigenvalue weighted by molar-refractivity contribution is -0.142. The second kappa shape index (κ2) is 11.5. The van der Waals surface area contributed by atoms with E-state index in [0.29, 0.717) is 34.1 Å². The van der Waals surface area contributed by atoms with Crippen molar-refractivity contribution in [2.75, 3.05) is 7.11 Å². The van der Waals surface area contributed by atoms with Crippen molar-refractivity contribution in [3.8, 4) is 17.0 Å². The highest BCUT2D eigenvalue weighted by Crippen LogP contribution is 2.26. The molecule has 7 nitrogen and oxygen atoms in total. The zero-order valence-electron chi connectivity index (χ0n) is 21.3. The average Bonchev–Trinajstić information content (AvgIpc) is 2.91. The standard InChI is InChI=1S/C30H29N3O4/c1-19(2)22-10-12-23(13-11-22)28-16-26(25-7-5-6-8-27(25)32-28)30(35)33-31-17-21-9-14-29(36-4)24(15-21)18-37-20(3)34/h5-17,19H,18H2,1-4H3,(H,33,35)/b31-17+. The first-order valence-corrected chi connectivity index (χ1v) is 12.0. The van der Waals surface area contributed by atoms with Crippen LogP contribution in [0.15, 0.2) is 77.9 Å². The molecule has 4 rings (SSSR count). The first-order valence-electron chi connectivity index (χ1n) is 12.0. The maximum atomic E-state index is 13.2. The molecule has 0 spiro atoms. The Balaban J connectivity index is 1.59. The van der Waals surface area contributed by atoms with Crippen LogP contribution in [0, 0.1) is 0 Å². The molecule has 0 fully saturated rings. The number of benzene rings is 3. The molecule has 0 atom stereocenters. The Bertz CT molecular complexity index is 1460. The van der Waals surface area contributed by atoms with E-state index in [-0.39, 0.29) is 18.5 Å². The van der Waals surface area contributed by atoms with Crippen molar-refractivity contribution in [1.29, 1.82) is 0 Å². The Morgan fingerprint density at radius 2 is 1.78 bits per heavy atom. The summed E-state index contributed by atoms with van der Waals surface area (Å²) in [6.45, 7) is 5.73. The van der Waals surface area contributed by atoms with Gasteiger partial charge in [0, 0.05) is 23.4 Å². The van der Waals surface area contributed by atoms with Crippen LogP contribution in [0.2, 0.25) is 0 Å². The Morgan fingerprint density at radius 1 is 1.03 bits per heavy atom. The van der Waals surface area contributed by atoms with Gasteiger partial charge < -0.3 is 9.47 Å². The first kappa shape index (κ1) is 25.6. The monoisotopic (exact) mass is 495 g/mol. The van der Waals surface area contributed by atoms with Crippen LogP contribution in [0.5, 0.6) is 5.75 Å². The van der Waals surface area contributed by atoms with Crippen molar-refractivity contribution in [3.05, 3.63) is 95.1 Å². The summed E-state index contributed by atoms with van der Waals surface area (Å²) in [4.78, 5) is 29.2. The van der Waals surface area contributed by atoms with Crippen LogP contribution < -0.4 is 10.2 Å². The average molecular weight is 496 g/mol. The third-order valence-electron chi connectivity index (χ3n) is 5.95. The van der Waals surface area contributed by atoms with E-state index in [1.807, 2.05) is 36.4 Å². The predicted molar refractivity (Wildman–Crippen MR) is 145 cm³/mol. The van der Waals surface area contributed by atoms with E-state index in [1.165, 1.54) is 18.7 Å². The number of carbonyl (C=O) groups excluding carboxylic acids is 2. The maximum Gasteiger partial charge on any atom is 0.302 e. The van der Waals surface area contributed by atoms with E-state index >= 15 is 0 Å². The fraction of sp³-hybridized carbons (Fsp3) is 0.200. The van der Waals surface area contributed by atoms with E-state index in [1.54, 1.807) is 31.4 Å². The lowest BCUT2D eigenvalue weighted by Gasteiger charge is -2.11. The van der Waals surface area contributed by atoms with Crippen LogP contribution in [-0.2, 0) is 16.1 Å². The molecular formula is C30H29N3O4. The number of aromatic nitrogens is 1. The number of methoxy groups -OCH3 is 1. The van der Waals surface area contributed by atoms with Gasteiger partial charge in [0.05, 0.1) is 30.1 Å². The Labute approximate surface area is 216 Å². The van der Waals surface area contributed by atoms with E-state index in [4.69, 9.17) is 14.5 Å². The second-order valence-corrected chi connectivity index (χ2v) is 8.90. The highest BCUT2D eigenvalue weighted by Gasteiger charge is 2.14. The van der Waals surface area contributed by atoms with Gasteiger partial charge in [-0.15, -0.1) is 0 Å². The minimum Gasteiger partial charge on any atom is -0.496 e. The normalized spacial score (nSPS) is 11.2. The summed E-state index contributed by atoms with van der Waals surface area (Å²) in [5, 5.41) is 4.90. The molecule has 4 aromatic rings. The minimum absolute atomic E-state index is 0.0798. The topological polar surface area (TPSA) is 89.9 Å². The predicted octanol–water partition coefficient (Wildman–Crippen LogP) is 5.86. The summed E-state index contributed by atoms with van der Waals surface area (Å²) in [6.07, 6.45) is 1.53. The molecule has 7 heteroatoms. The van der Waals surface area contributed by atoms with Crippen LogP contribution in [0.4, 0.5) is 0 Å². The molecule has 0 bridgehead atoms. The van der Waals surface area contributed by atoms with Crippen molar-refractivity contribution in [1.82, 2.24) is 10.4 Å². The SMILES string of the molecule is COc1ccc(/C=N/NC(=O)c2cc(-c3ccc(C(C)C)cc3)nc3ccccc23)cc1COC(C)=O. The first-order chi connectivity index (χ1) is 17.9. The molecule has 0 saturated heterocycles. The number of hydrazone groups is 1. The maximum absolute atomic E-state index is 13.2. The largest absolute Gasteiger partial charge is 0.496 e. The van der Waals surface area contributed by atoms with Crippen molar-refractivity contribution < 1.29 is 19.1 Å². The third-order valence-corrected chi connectivity index (χ3v) is 5.95. The van der Waals surface area contributed by atoms with Gasteiger partial charge in [0.2, 0.25) is 0 Å². The summed E-state index contributed by atoms with van der Waals surface area (Å²) in [6, 6.07) is 22.9. The summed E-state index contributed by atoms with van der Waals surface area (Å²) in [7, 11) is 1.55. The molecule has 0 aliphatic rings. The van der Waals surface area contributed by atoms with E-state index in [2.05, 4.69) is 36.5 Å². The Hall–Kier alpha value is -4.52. The molecule has 0 aliphatic carbocycles. The number of nitrogens with zero attached hydrogens (tertiary/aromatic N) is 2. The number of ether oxygens (including phenoxy) is 2. The number of carbonyl (C=O) groups is 2. The molecule has 188 valence electrons. The van der Waals surface area contributed by atoms with Crippen molar-refractivity contribution in [3.63, 3.8) is 0 Å². The molecular weight excluding hydrogens is 466 g/mol. The zero-order chi connectivity index (χ0) is 26.4. The molecule has 0 aliphatic heterocycles. The number of para-hydroxylation sites is 1. The fourth-order valence-corrected chi connectivity index (χ4v) is 3.95. The molecule has 3 aromatic carbocycles. The lowest BCUT2D eigenvalue weighted by atomic mass is 9.99. The number of pyridine rings is 1. The van der Waals surface area contributed by atoms with Crippen LogP contribution in [0.25, 0.3) is 22.2 Å². The summed E-state index contributed by atoms with van der Waals surface area (Å²) >= 11 is 0. The van der Waals surface area contributed by atoms with Crippen LogP contribution >= 0.6 is 0 Å². The van der Waals surface area contributed by atoms with Crippen LogP contribution in [0.1, 0.15) is 53.7 Å². The molecule has 1 amide bonds. The molecule has 1 aromatic heterocycles. The quantitative estimate of drug-likeness (QED) is 0.188. The van der Waals surface area contributed by atoms with Gasteiger partial charge in [-0.2, -0.15) is 5.10 Å². The van der Waals surface area contributed by atoms with Gasteiger partial charge in [0.15, 0.2) is 0 Å². The van der Waals surface area contributed by atoms with Crippen molar-refractivity contribution in [2.24, 2.45) is 5.10 Å². The third kappa shape index (κ3) is 6.19. The molecule has 1 heterocycles. The van der Waals surface area contributed by atoms with E-state index in [0.717, 1.165) is 16.5 Å². The molecule has 37 heavy (non-hydrogen) atoms. The van der Waals surface area contributed by atoms with Crippen LogP contribution in [-0.4, -0.2) is 30.2 Å². The Morgan fingerprint density at radius 3 is 2.49 bits per heavy atom. The van der Waals surface area contributed by atoms with E-state index in [9.17, 15) is 9.59 Å². The van der Waals surface area contributed by atoms with Gasteiger partial charge in [0.1, 0.15) is 12.4 Å². The zero-order valence-corrected chi connectivity index (χ0v) is 21.3. The molecule has 0 saturated carbocycles. The highest BCUT2D eigenvalue weighted by atomic mass is 16.5. The van der Waals surface area contributed by atoms with E-state index < -0.39 is 0 Å². The van der Waals surface area contributed by atoms with Gasteiger partial charge in [-0.3, -0.25) is 9.59 Å². The summed E-state index contributed by atoms with van der Waals surface area (Å²) in [5.74, 6) is 0.303. The van der Waals surface area contributed by atoms with Gasteiger partial charge >= 0.3 is 5.97 Å². The van der Waals surface area contributed by atoms with Gasteiger partial charge in [-0.05, 0) is 47.4 Å². The van der Waals surface area contributed by atoms with Crippen molar-refractivity contribution >= 4 is 29.0 Å². The molecule has 1 N–H and O–H groups in total. The Kier molecular flexibility index (Phi) is 7.93.